The van der Waals surface area contributed by atoms with Crippen molar-refractivity contribution in [2.24, 2.45) is 0 Å². The molecule has 4 rings (SSSR count). The maximum absolute atomic E-state index is 13.0. The fourth-order valence-corrected chi connectivity index (χ4v) is 3.80. The minimum absolute atomic E-state index is 0.0831. The zero-order chi connectivity index (χ0) is 24.9. The summed E-state index contributed by atoms with van der Waals surface area (Å²) in [5.74, 6) is -0.136. The van der Waals surface area contributed by atoms with Gasteiger partial charge in [-0.05, 0) is 57.2 Å². The standard InChI is InChI=1S/C28H27ClN4O2/c1-4-32(27(35)22-9-5-19(2)6-10-22)18-26(34)31-28-30-25(21-11-13-23(29)14-12-21)17-33(28)24-15-7-20(3)8-16-24/h5-17H,4,18H2,1-3H3,(H,30,31,34). The monoisotopic (exact) mass is 486 g/mol. The Hall–Kier alpha value is -3.90. The highest BCUT2D eigenvalue weighted by atomic mass is 35.5. The van der Waals surface area contributed by atoms with Gasteiger partial charge in [-0.3, -0.25) is 19.5 Å². The first-order valence-corrected chi connectivity index (χ1v) is 11.8. The second-order valence-corrected chi connectivity index (χ2v) is 8.83. The van der Waals surface area contributed by atoms with E-state index in [0.29, 0.717) is 28.8 Å². The van der Waals surface area contributed by atoms with Crippen LogP contribution in [0.15, 0.2) is 79.0 Å². The van der Waals surface area contributed by atoms with Crippen LogP contribution >= 0.6 is 11.6 Å². The van der Waals surface area contributed by atoms with Gasteiger partial charge < -0.3 is 4.90 Å². The van der Waals surface area contributed by atoms with Gasteiger partial charge in [-0.1, -0.05) is 59.1 Å². The third-order valence-corrected chi connectivity index (χ3v) is 5.96. The Labute approximate surface area is 210 Å². The molecular weight excluding hydrogens is 460 g/mol. The Morgan fingerprint density at radius 3 is 2.11 bits per heavy atom. The Morgan fingerprint density at radius 2 is 1.51 bits per heavy atom. The predicted octanol–water partition coefficient (Wildman–Crippen LogP) is 5.91. The molecule has 4 aromatic rings. The van der Waals surface area contributed by atoms with Crippen molar-refractivity contribution in [3.8, 4) is 16.9 Å². The number of hydrogen-bond acceptors (Lipinski definition) is 3. The molecule has 3 aromatic carbocycles. The average Bonchev–Trinajstić information content (AvgIpc) is 3.27. The fourth-order valence-electron chi connectivity index (χ4n) is 3.67. The number of rotatable bonds is 7. The van der Waals surface area contributed by atoms with Crippen LogP contribution in [0.5, 0.6) is 0 Å². The third-order valence-electron chi connectivity index (χ3n) is 5.71. The summed E-state index contributed by atoms with van der Waals surface area (Å²) >= 11 is 6.04. The van der Waals surface area contributed by atoms with Crippen LogP contribution in [-0.4, -0.2) is 39.4 Å². The lowest BCUT2D eigenvalue weighted by molar-refractivity contribution is -0.116. The van der Waals surface area contributed by atoms with Crippen LogP contribution in [0, 0.1) is 13.8 Å². The summed E-state index contributed by atoms with van der Waals surface area (Å²) < 4.78 is 1.83. The molecule has 0 bridgehead atoms. The van der Waals surface area contributed by atoms with Gasteiger partial charge >= 0.3 is 0 Å². The Balaban J connectivity index is 1.59. The SMILES string of the molecule is CCN(CC(=O)Nc1nc(-c2ccc(Cl)cc2)cn1-c1ccc(C)cc1)C(=O)c1ccc(C)cc1. The van der Waals surface area contributed by atoms with Crippen LogP contribution in [0.2, 0.25) is 5.02 Å². The molecule has 0 atom stereocenters. The van der Waals surface area contributed by atoms with Crippen LogP contribution in [0.1, 0.15) is 28.4 Å². The summed E-state index contributed by atoms with van der Waals surface area (Å²) in [4.78, 5) is 32.1. The zero-order valence-electron chi connectivity index (χ0n) is 20.0. The lowest BCUT2D eigenvalue weighted by atomic mass is 10.1. The van der Waals surface area contributed by atoms with Crippen molar-refractivity contribution in [2.75, 3.05) is 18.4 Å². The molecule has 0 aliphatic heterocycles. The van der Waals surface area contributed by atoms with E-state index in [0.717, 1.165) is 22.4 Å². The van der Waals surface area contributed by atoms with Crippen LogP contribution < -0.4 is 5.32 Å². The number of hydrogen-bond donors (Lipinski definition) is 1. The van der Waals surface area contributed by atoms with Crippen molar-refractivity contribution in [3.05, 3.63) is 101 Å². The number of imidazole rings is 1. The van der Waals surface area contributed by atoms with Gasteiger partial charge in [0.2, 0.25) is 11.9 Å². The molecule has 0 saturated carbocycles. The number of likely N-dealkylation sites (N-methyl/N-ethyl adjacent to an activating group) is 1. The highest BCUT2D eigenvalue weighted by Gasteiger charge is 2.20. The highest BCUT2D eigenvalue weighted by molar-refractivity contribution is 6.30. The van der Waals surface area contributed by atoms with Crippen molar-refractivity contribution >= 4 is 29.4 Å². The molecule has 0 radical (unpaired) electrons. The van der Waals surface area contributed by atoms with Gasteiger partial charge in [-0.2, -0.15) is 0 Å². The van der Waals surface area contributed by atoms with Gasteiger partial charge in [0.05, 0.1) is 5.69 Å². The van der Waals surface area contributed by atoms with Gasteiger partial charge in [0.25, 0.3) is 5.91 Å². The molecule has 0 unspecified atom stereocenters. The molecule has 2 amide bonds. The van der Waals surface area contributed by atoms with Gasteiger partial charge in [0.15, 0.2) is 0 Å². The topological polar surface area (TPSA) is 67.2 Å². The molecule has 178 valence electrons. The number of nitrogens with one attached hydrogen (secondary N) is 1. The second-order valence-electron chi connectivity index (χ2n) is 8.40. The maximum Gasteiger partial charge on any atom is 0.254 e. The molecular formula is C28H27ClN4O2. The summed E-state index contributed by atoms with van der Waals surface area (Å²) in [6, 6.07) is 22.6. The van der Waals surface area contributed by atoms with Crippen molar-refractivity contribution < 1.29 is 9.59 Å². The van der Waals surface area contributed by atoms with Gasteiger partial charge in [-0.15, -0.1) is 0 Å². The van der Waals surface area contributed by atoms with Crippen molar-refractivity contribution in [2.45, 2.75) is 20.8 Å². The maximum atomic E-state index is 13.0. The minimum atomic E-state index is -0.325. The number of aryl methyl sites for hydroxylation is 2. The van der Waals surface area contributed by atoms with E-state index in [1.165, 1.54) is 4.90 Å². The van der Waals surface area contributed by atoms with E-state index >= 15 is 0 Å². The molecule has 7 heteroatoms. The Bertz CT molecular complexity index is 1330. The van der Waals surface area contributed by atoms with Crippen molar-refractivity contribution in [3.63, 3.8) is 0 Å². The molecule has 1 N–H and O–H groups in total. The van der Waals surface area contributed by atoms with Crippen LogP contribution in [0.3, 0.4) is 0 Å². The number of carbonyl (C=O) groups is 2. The normalized spacial score (nSPS) is 10.7. The predicted molar refractivity (Wildman–Crippen MR) is 140 cm³/mol. The molecule has 1 aromatic heterocycles. The summed E-state index contributed by atoms with van der Waals surface area (Å²) in [7, 11) is 0. The van der Waals surface area contributed by atoms with Crippen molar-refractivity contribution in [1.29, 1.82) is 0 Å². The molecule has 0 aliphatic carbocycles. The van der Waals surface area contributed by atoms with Gasteiger partial charge in [0, 0.05) is 34.6 Å². The first-order valence-electron chi connectivity index (χ1n) is 11.4. The smallest absolute Gasteiger partial charge is 0.254 e. The molecule has 0 fully saturated rings. The van der Waals surface area contributed by atoms with E-state index in [2.05, 4.69) is 10.3 Å². The first-order chi connectivity index (χ1) is 16.8. The lowest BCUT2D eigenvalue weighted by Gasteiger charge is -2.20. The summed E-state index contributed by atoms with van der Waals surface area (Å²) in [6.45, 7) is 6.16. The number of aromatic nitrogens is 2. The fraction of sp³-hybridized carbons (Fsp3) is 0.179. The van der Waals surface area contributed by atoms with Gasteiger partial charge in [0.1, 0.15) is 6.54 Å². The van der Waals surface area contributed by atoms with E-state index in [-0.39, 0.29) is 18.4 Å². The summed E-state index contributed by atoms with van der Waals surface area (Å²) in [6.07, 6.45) is 1.87. The molecule has 6 nitrogen and oxygen atoms in total. The van der Waals surface area contributed by atoms with E-state index in [1.54, 1.807) is 24.3 Å². The zero-order valence-corrected chi connectivity index (χ0v) is 20.7. The van der Waals surface area contributed by atoms with Crippen molar-refractivity contribution in [1.82, 2.24) is 14.5 Å². The Morgan fingerprint density at radius 1 is 0.914 bits per heavy atom. The number of halogens is 1. The number of amides is 2. The van der Waals surface area contributed by atoms with Crippen LogP contribution in [0.25, 0.3) is 16.9 Å². The first kappa shape index (κ1) is 24.2. The van der Waals surface area contributed by atoms with E-state index < -0.39 is 0 Å². The number of anilines is 1. The number of nitrogens with zero attached hydrogens (tertiary/aromatic N) is 3. The molecule has 0 spiro atoms. The number of carbonyl (C=O) groups excluding carboxylic acids is 2. The van der Waals surface area contributed by atoms with Crippen LogP contribution in [-0.2, 0) is 4.79 Å². The molecule has 0 saturated heterocycles. The molecule has 1 heterocycles. The van der Waals surface area contributed by atoms with E-state index in [9.17, 15) is 9.59 Å². The second kappa shape index (κ2) is 10.6. The van der Waals surface area contributed by atoms with E-state index in [4.69, 9.17) is 11.6 Å². The number of benzene rings is 3. The minimum Gasteiger partial charge on any atom is -0.330 e. The molecule has 35 heavy (non-hydrogen) atoms. The summed E-state index contributed by atoms with van der Waals surface area (Å²) in [5, 5.41) is 3.54. The summed E-state index contributed by atoms with van der Waals surface area (Å²) in [5.41, 5.74) is 5.19. The third kappa shape index (κ3) is 5.78. The molecule has 0 aliphatic rings. The van der Waals surface area contributed by atoms with E-state index in [1.807, 2.05) is 80.1 Å². The Kier molecular flexibility index (Phi) is 7.32. The largest absolute Gasteiger partial charge is 0.330 e. The highest BCUT2D eigenvalue weighted by Crippen LogP contribution is 2.26. The van der Waals surface area contributed by atoms with Crippen LogP contribution in [0.4, 0.5) is 5.95 Å². The quantitative estimate of drug-likeness (QED) is 0.353. The van der Waals surface area contributed by atoms with Gasteiger partial charge in [-0.25, -0.2) is 4.98 Å². The lowest BCUT2D eigenvalue weighted by Crippen LogP contribution is -2.38. The average molecular weight is 487 g/mol.